The number of anilines is 1. The minimum Gasteiger partial charge on any atom is -0.383 e. The molecular formula is C10H14N4. The smallest absolute Gasteiger partial charge is 0.140 e. The molecule has 0 saturated heterocycles. The van der Waals surface area contributed by atoms with Crippen molar-refractivity contribution >= 4 is 5.82 Å². The number of allylic oxidation sites excluding steroid dienone is 1. The molecule has 0 aliphatic rings. The van der Waals surface area contributed by atoms with E-state index in [1.165, 1.54) is 0 Å². The maximum atomic E-state index is 8.92. The van der Waals surface area contributed by atoms with Gasteiger partial charge < -0.3 is 5.73 Å². The molecule has 0 bridgehead atoms. The molecule has 2 N–H and O–H groups in total. The average molecular weight is 190 g/mol. The van der Waals surface area contributed by atoms with Crippen molar-refractivity contribution in [3.05, 3.63) is 23.9 Å². The molecule has 1 heterocycles. The van der Waals surface area contributed by atoms with Gasteiger partial charge in [-0.25, -0.2) is 4.68 Å². The van der Waals surface area contributed by atoms with Crippen molar-refractivity contribution < 1.29 is 0 Å². The van der Waals surface area contributed by atoms with E-state index in [1.807, 2.05) is 13.8 Å². The van der Waals surface area contributed by atoms with Crippen molar-refractivity contribution in [1.82, 2.24) is 9.78 Å². The van der Waals surface area contributed by atoms with Crippen molar-refractivity contribution in [2.45, 2.75) is 26.3 Å². The number of nitrogen functional groups attached to an aromatic ring is 1. The second kappa shape index (κ2) is 3.97. The molecule has 1 aromatic heterocycles. The van der Waals surface area contributed by atoms with Crippen LogP contribution in [0.5, 0.6) is 0 Å². The van der Waals surface area contributed by atoms with Gasteiger partial charge >= 0.3 is 0 Å². The Kier molecular flexibility index (Phi) is 2.92. The molecule has 14 heavy (non-hydrogen) atoms. The largest absolute Gasteiger partial charge is 0.383 e. The number of aromatic nitrogens is 2. The summed E-state index contributed by atoms with van der Waals surface area (Å²) in [4.78, 5) is 0. The highest BCUT2D eigenvalue weighted by atomic mass is 15.3. The summed E-state index contributed by atoms with van der Waals surface area (Å²) in [5, 5.41) is 13.2. The number of nitriles is 1. The number of hydrogen-bond donors (Lipinski definition) is 1. The number of nitrogens with two attached hydrogens (primary N) is 1. The predicted octanol–water partition coefficient (Wildman–Crippen LogP) is 1.65. The topological polar surface area (TPSA) is 67.6 Å². The lowest BCUT2D eigenvalue weighted by Gasteiger charge is -1.98. The first-order valence-electron chi connectivity index (χ1n) is 4.49. The molecule has 4 nitrogen and oxygen atoms in total. The fourth-order valence-corrected chi connectivity index (χ4v) is 1.27. The van der Waals surface area contributed by atoms with E-state index in [1.54, 1.807) is 10.8 Å². The van der Waals surface area contributed by atoms with Crippen LogP contribution >= 0.6 is 0 Å². The first-order chi connectivity index (χ1) is 6.61. The van der Waals surface area contributed by atoms with Gasteiger partial charge in [0.2, 0.25) is 0 Å². The van der Waals surface area contributed by atoms with Crippen LogP contribution in [0.3, 0.4) is 0 Å². The summed E-state index contributed by atoms with van der Waals surface area (Å²) >= 11 is 0. The highest BCUT2D eigenvalue weighted by Crippen LogP contribution is 2.22. The molecule has 0 amide bonds. The van der Waals surface area contributed by atoms with Crippen molar-refractivity contribution in [3.8, 4) is 6.07 Å². The van der Waals surface area contributed by atoms with Crippen LogP contribution in [-0.2, 0) is 6.54 Å². The third-order valence-corrected chi connectivity index (χ3v) is 1.98. The van der Waals surface area contributed by atoms with Gasteiger partial charge in [-0.2, -0.15) is 10.4 Å². The molecule has 0 aliphatic carbocycles. The van der Waals surface area contributed by atoms with Gasteiger partial charge in [0.15, 0.2) is 0 Å². The molecule has 4 heteroatoms. The van der Waals surface area contributed by atoms with Gasteiger partial charge in [-0.3, -0.25) is 0 Å². The van der Waals surface area contributed by atoms with Gasteiger partial charge in [0.1, 0.15) is 17.5 Å². The summed E-state index contributed by atoms with van der Waals surface area (Å²) in [6.07, 6.45) is 1.70. The molecule has 0 aromatic carbocycles. The third-order valence-electron chi connectivity index (χ3n) is 1.98. The van der Waals surface area contributed by atoms with Crippen LogP contribution in [0, 0.1) is 11.3 Å². The number of nitrogens with zero attached hydrogens (tertiary/aromatic N) is 3. The van der Waals surface area contributed by atoms with E-state index in [0.717, 1.165) is 5.69 Å². The molecule has 1 aromatic rings. The Hall–Kier alpha value is -1.76. The Bertz CT molecular complexity index is 382. The SMILES string of the molecule is C=CCn1nc(C(C)C)c(C#N)c1N. The van der Waals surface area contributed by atoms with E-state index >= 15 is 0 Å². The van der Waals surface area contributed by atoms with Crippen LogP contribution < -0.4 is 5.73 Å². The molecule has 0 unspecified atom stereocenters. The van der Waals surface area contributed by atoms with Crippen LogP contribution in [0.15, 0.2) is 12.7 Å². The zero-order valence-corrected chi connectivity index (χ0v) is 8.49. The third kappa shape index (κ3) is 1.62. The van der Waals surface area contributed by atoms with E-state index in [2.05, 4.69) is 17.7 Å². The van der Waals surface area contributed by atoms with E-state index in [4.69, 9.17) is 11.0 Å². The maximum absolute atomic E-state index is 8.92. The lowest BCUT2D eigenvalue weighted by atomic mass is 10.1. The summed E-state index contributed by atoms with van der Waals surface area (Å²) in [6, 6.07) is 2.08. The summed E-state index contributed by atoms with van der Waals surface area (Å²) in [7, 11) is 0. The van der Waals surface area contributed by atoms with E-state index in [9.17, 15) is 0 Å². The molecule has 74 valence electrons. The summed E-state index contributed by atoms with van der Waals surface area (Å²) < 4.78 is 1.60. The minimum atomic E-state index is 0.206. The molecule has 1 rings (SSSR count). The fraction of sp³-hybridized carbons (Fsp3) is 0.400. The normalized spacial score (nSPS) is 10.1. The Morgan fingerprint density at radius 3 is 2.71 bits per heavy atom. The Morgan fingerprint density at radius 2 is 2.36 bits per heavy atom. The van der Waals surface area contributed by atoms with Crippen LogP contribution in [-0.4, -0.2) is 9.78 Å². The lowest BCUT2D eigenvalue weighted by molar-refractivity contribution is 0.676. The van der Waals surface area contributed by atoms with Crippen LogP contribution in [0.2, 0.25) is 0 Å². The van der Waals surface area contributed by atoms with Gasteiger partial charge in [-0.1, -0.05) is 19.9 Å². The number of hydrogen-bond acceptors (Lipinski definition) is 3. The van der Waals surface area contributed by atoms with Crippen LogP contribution in [0.4, 0.5) is 5.82 Å². The maximum Gasteiger partial charge on any atom is 0.140 e. The molecule has 0 fully saturated rings. The van der Waals surface area contributed by atoms with Crippen molar-refractivity contribution in [2.24, 2.45) is 0 Å². The van der Waals surface area contributed by atoms with Crippen molar-refractivity contribution in [3.63, 3.8) is 0 Å². The first kappa shape index (κ1) is 10.3. The second-order valence-electron chi connectivity index (χ2n) is 3.38. The van der Waals surface area contributed by atoms with Gasteiger partial charge in [-0.05, 0) is 5.92 Å². The highest BCUT2D eigenvalue weighted by molar-refractivity contribution is 5.53. The summed E-state index contributed by atoms with van der Waals surface area (Å²) in [5.74, 6) is 0.633. The standard InChI is InChI=1S/C10H14N4/c1-4-5-14-10(12)8(6-11)9(13-14)7(2)3/h4,7H,1,5,12H2,2-3H3. The second-order valence-corrected chi connectivity index (χ2v) is 3.38. The quantitative estimate of drug-likeness (QED) is 0.737. The van der Waals surface area contributed by atoms with E-state index in [-0.39, 0.29) is 5.92 Å². The fourth-order valence-electron chi connectivity index (χ4n) is 1.27. The van der Waals surface area contributed by atoms with Crippen molar-refractivity contribution in [2.75, 3.05) is 5.73 Å². The van der Waals surface area contributed by atoms with Crippen molar-refractivity contribution in [1.29, 1.82) is 5.26 Å². The molecular weight excluding hydrogens is 176 g/mol. The first-order valence-corrected chi connectivity index (χ1v) is 4.49. The zero-order chi connectivity index (χ0) is 10.7. The zero-order valence-electron chi connectivity index (χ0n) is 8.49. The van der Waals surface area contributed by atoms with Gasteiger partial charge in [0.25, 0.3) is 0 Å². The highest BCUT2D eigenvalue weighted by Gasteiger charge is 2.16. The van der Waals surface area contributed by atoms with Gasteiger partial charge in [0, 0.05) is 0 Å². The molecule has 0 radical (unpaired) electrons. The minimum absolute atomic E-state index is 0.206. The predicted molar refractivity (Wildman–Crippen MR) is 55.6 cm³/mol. The monoisotopic (exact) mass is 190 g/mol. The summed E-state index contributed by atoms with van der Waals surface area (Å²) in [5.41, 5.74) is 7.01. The molecule has 0 aliphatic heterocycles. The average Bonchev–Trinajstić information content (AvgIpc) is 2.44. The van der Waals surface area contributed by atoms with E-state index < -0.39 is 0 Å². The number of rotatable bonds is 3. The Balaban J connectivity index is 3.26. The lowest BCUT2D eigenvalue weighted by Crippen LogP contribution is -2.03. The van der Waals surface area contributed by atoms with Crippen LogP contribution in [0.25, 0.3) is 0 Å². The Labute approximate surface area is 83.6 Å². The van der Waals surface area contributed by atoms with Gasteiger partial charge in [-0.15, -0.1) is 6.58 Å². The Morgan fingerprint density at radius 1 is 1.71 bits per heavy atom. The van der Waals surface area contributed by atoms with E-state index in [0.29, 0.717) is 17.9 Å². The van der Waals surface area contributed by atoms with Gasteiger partial charge in [0.05, 0.1) is 12.2 Å². The molecule has 0 atom stereocenters. The molecule has 0 saturated carbocycles. The van der Waals surface area contributed by atoms with Crippen LogP contribution in [0.1, 0.15) is 31.0 Å². The summed E-state index contributed by atoms with van der Waals surface area (Å²) in [6.45, 7) is 8.12. The molecule has 0 spiro atoms.